The van der Waals surface area contributed by atoms with Crippen LogP contribution in [0, 0.1) is 13.8 Å². The van der Waals surface area contributed by atoms with Crippen LogP contribution in [-0.2, 0) is 9.13 Å². The number of aromatic nitrogens is 2. The molecular formula is C22H22N4O7P2S. The zero-order chi connectivity index (χ0) is 26.3. The molecule has 2 aromatic carbocycles. The van der Waals surface area contributed by atoms with E-state index in [1.807, 2.05) is 32.0 Å². The molecule has 0 aliphatic heterocycles. The van der Waals surface area contributed by atoms with E-state index in [1.165, 1.54) is 11.3 Å². The van der Waals surface area contributed by atoms with Crippen molar-refractivity contribution in [2.24, 2.45) is 0 Å². The van der Waals surface area contributed by atoms with Crippen LogP contribution in [0.15, 0.2) is 53.9 Å². The van der Waals surface area contributed by atoms with Crippen LogP contribution >= 0.6 is 26.5 Å². The third-order valence-electron chi connectivity index (χ3n) is 5.09. The molecular weight excluding hydrogens is 526 g/mol. The molecule has 0 radical (unpaired) electrons. The van der Waals surface area contributed by atoms with Gasteiger partial charge in [-0.15, -0.1) is 11.3 Å². The Bertz CT molecular complexity index is 1520. The van der Waals surface area contributed by atoms with Gasteiger partial charge in [-0.3, -0.25) is 13.9 Å². The first-order valence-corrected chi connectivity index (χ1v) is 14.7. The summed E-state index contributed by atoms with van der Waals surface area (Å²) in [5.74, 6) is -0.415. The Morgan fingerprint density at radius 3 is 2.25 bits per heavy atom. The molecule has 14 heteroatoms. The van der Waals surface area contributed by atoms with Crippen LogP contribution in [0.2, 0.25) is 0 Å². The molecule has 0 bridgehead atoms. The van der Waals surface area contributed by atoms with Crippen molar-refractivity contribution < 1.29 is 33.5 Å². The highest BCUT2D eigenvalue weighted by atomic mass is 32.1. The zero-order valence-electron chi connectivity index (χ0n) is 19.0. The third kappa shape index (κ3) is 5.88. The predicted octanol–water partition coefficient (Wildman–Crippen LogP) is 4.28. The monoisotopic (exact) mass is 548 g/mol. The van der Waals surface area contributed by atoms with Gasteiger partial charge in [0.1, 0.15) is 10.6 Å². The maximum Gasteiger partial charge on any atom is 0.360 e. The fraction of sp³-hybridized carbons (Fsp3) is 0.136. The van der Waals surface area contributed by atoms with Crippen molar-refractivity contribution in [1.29, 1.82) is 0 Å². The van der Waals surface area contributed by atoms with E-state index < -0.39 is 20.7 Å². The molecule has 0 aliphatic rings. The second-order valence-electron chi connectivity index (χ2n) is 8.14. The number of benzene rings is 2. The Balaban J connectivity index is 1.71. The Labute approximate surface area is 209 Å². The molecule has 2 heterocycles. The molecule has 4 aromatic rings. The normalized spacial score (nSPS) is 12.2. The largest absolute Gasteiger partial charge is 0.360 e. The molecule has 0 saturated carbocycles. The lowest BCUT2D eigenvalue weighted by atomic mass is 10.1. The van der Waals surface area contributed by atoms with E-state index in [-0.39, 0.29) is 17.5 Å². The van der Waals surface area contributed by atoms with E-state index in [2.05, 4.69) is 20.6 Å². The van der Waals surface area contributed by atoms with Crippen LogP contribution in [0.4, 0.5) is 11.5 Å². The quantitative estimate of drug-likeness (QED) is 0.182. The molecule has 6 N–H and O–H groups in total. The lowest BCUT2D eigenvalue weighted by Gasteiger charge is -2.21. The molecule has 4 rings (SSSR count). The van der Waals surface area contributed by atoms with E-state index >= 15 is 0 Å². The molecule has 0 spiro atoms. The van der Waals surface area contributed by atoms with Crippen LogP contribution < -0.4 is 10.6 Å². The summed E-state index contributed by atoms with van der Waals surface area (Å²) < 4.78 is 23.6. The Kier molecular flexibility index (Phi) is 7.14. The highest BCUT2D eigenvalue weighted by molar-refractivity contribution is 7.71. The molecule has 1 amide bonds. The van der Waals surface area contributed by atoms with Crippen molar-refractivity contribution in [3.05, 3.63) is 70.6 Å². The van der Waals surface area contributed by atoms with Gasteiger partial charge in [0.05, 0.1) is 5.39 Å². The number of nitrogens with one attached hydrogen (secondary N) is 2. The SMILES string of the molecule is Cc1cc(C)cc(NC(=O)c2cccc(-c3nc(NC(P(=O)(O)O)P(=O)(O)O)c4ccsc4n3)c2)c1. The van der Waals surface area contributed by atoms with Crippen LogP contribution in [0.3, 0.4) is 0 Å². The first-order chi connectivity index (χ1) is 16.8. The second-order valence-corrected chi connectivity index (χ2v) is 12.8. The maximum atomic E-state index is 12.9. The number of anilines is 2. The molecule has 36 heavy (non-hydrogen) atoms. The predicted molar refractivity (Wildman–Crippen MR) is 138 cm³/mol. The molecule has 2 aromatic heterocycles. The molecule has 188 valence electrons. The fourth-order valence-corrected chi connectivity index (χ4v) is 6.54. The van der Waals surface area contributed by atoms with Gasteiger partial charge in [0.2, 0.25) is 5.52 Å². The minimum absolute atomic E-state index is 0.101. The average Bonchev–Trinajstić information content (AvgIpc) is 3.24. The highest BCUT2D eigenvalue weighted by Gasteiger charge is 2.44. The summed E-state index contributed by atoms with van der Waals surface area (Å²) >= 11 is 1.21. The topological polar surface area (TPSA) is 182 Å². The van der Waals surface area contributed by atoms with Gasteiger partial charge >= 0.3 is 15.2 Å². The maximum absolute atomic E-state index is 12.9. The number of fused-ring (bicyclic) bond motifs is 1. The van der Waals surface area contributed by atoms with Gasteiger partial charge in [-0.05, 0) is 60.7 Å². The van der Waals surface area contributed by atoms with Crippen molar-refractivity contribution >= 4 is 54.2 Å². The van der Waals surface area contributed by atoms with Crippen LogP contribution in [0.25, 0.3) is 21.6 Å². The third-order valence-corrected chi connectivity index (χ3v) is 9.23. The summed E-state index contributed by atoms with van der Waals surface area (Å²) in [5.41, 5.74) is 0.906. The number of carbonyl (C=O) groups is 1. The summed E-state index contributed by atoms with van der Waals surface area (Å²) in [5, 5.41) is 7.07. The van der Waals surface area contributed by atoms with Gasteiger partial charge in [-0.1, -0.05) is 18.2 Å². The summed E-state index contributed by atoms with van der Waals surface area (Å²) in [6, 6.07) is 13.7. The first-order valence-electron chi connectivity index (χ1n) is 10.4. The highest BCUT2D eigenvalue weighted by Crippen LogP contribution is 2.59. The van der Waals surface area contributed by atoms with Crippen molar-refractivity contribution in [3.8, 4) is 11.4 Å². The van der Waals surface area contributed by atoms with Gasteiger partial charge in [0.15, 0.2) is 5.82 Å². The molecule has 0 saturated heterocycles. The molecule has 0 aliphatic carbocycles. The first kappa shape index (κ1) is 26.1. The number of amides is 1. The van der Waals surface area contributed by atoms with Gasteiger partial charge in [-0.25, -0.2) is 9.97 Å². The minimum atomic E-state index is -5.26. The van der Waals surface area contributed by atoms with E-state index in [9.17, 15) is 33.5 Å². The standard InChI is InChI=1S/C22H22N4O7P2S/c1-12-8-13(2)10-16(9-12)23-20(27)15-5-3-4-14(11-15)18-24-19(17-6-7-36-21(17)25-18)26-22(34(28,29)30)35(31,32)33/h3-11,22H,1-2H3,(H,23,27)(H,24,25,26)(H2,28,29,30)(H2,31,32,33). The van der Waals surface area contributed by atoms with E-state index in [4.69, 9.17) is 0 Å². The Morgan fingerprint density at radius 1 is 0.944 bits per heavy atom. The smallest absolute Gasteiger partial charge is 0.346 e. The number of carbonyl (C=O) groups excluding carboxylic acids is 1. The van der Waals surface area contributed by atoms with E-state index in [0.717, 1.165) is 11.1 Å². The van der Waals surface area contributed by atoms with Gasteiger partial charge in [0, 0.05) is 16.8 Å². The summed E-state index contributed by atoms with van der Waals surface area (Å²) in [6.07, 6.45) is 0. The average molecular weight is 548 g/mol. The molecule has 0 fully saturated rings. The lowest BCUT2D eigenvalue weighted by Crippen LogP contribution is -2.21. The summed E-state index contributed by atoms with van der Waals surface area (Å²) in [7, 11) is -10.5. The fourth-order valence-electron chi connectivity index (χ4n) is 3.63. The molecule has 0 unspecified atom stereocenters. The van der Waals surface area contributed by atoms with Crippen LogP contribution in [-0.4, -0.2) is 41.0 Å². The number of nitrogens with zero attached hydrogens (tertiary/aromatic N) is 2. The van der Waals surface area contributed by atoms with Gasteiger partial charge < -0.3 is 30.2 Å². The van der Waals surface area contributed by atoms with Gasteiger partial charge in [-0.2, -0.15) is 0 Å². The number of thiophene rings is 1. The summed E-state index contributed by atoms with van der Waals surface area (Å²) in [4.78, 5) is 60.1. The number of rotatable bonds is 7. The Morgan fingerprint density at radius 2 is 1.61 bits per heavy atom. The number of hydrogen-bond acceptors (Lipinski definition) is 7. The van der Waals surface area contributed by atoms with Crippen LogP contribution in [0.1, 0.15) is 21.5 Å². The number of hydrogen-bond donors (Lipinski definition) is 6. The minimum Gasteiger partial charge on any atom is -0.346 e. The van der Waals surface area contributed by atoms with E-state index in [0.29, 0.717) is 27.0 Å². The number of aryl methyl sites for hydroxylation is 2. The van der Waals surface area contributed by atoms with Crippen molar-refractivity contribution in [3.63, 3.8) is 0 Å². The molecule has 11 nitrogen and oxygen atoms in total. The van der Waals surface area contributed by atoms with Crippen LogP contribution in [0.5, 0.6) is 0 Å². The van der Waals surface area contributed by atoms with E-state index in [1.54, 1.807) is 35.7 Å². The van der Waals surface area contributed by atoms with Gasteiger partial charge in [0.25, 0.3) is 5.91 Å². The second kappa shape index (κ2) is 9.84. The van der Waals surface area contributed by atoms with Crippen molar-refractivity contribution in [2.45, 2.75) is 19.4 Å². The van der Waals surface area contributed by atoms with Crippen molar-refractivity contribution in [1.82, 2.24) is 9.97 Å². The lowest BCUT2D eigenvalue weighted by molar-refractivity contribution is 0.102. The molecule has 0 atom stereocenters. The van der Waals surface area contributed by atoms with Crippen molar-refractivity contribution in [2.75, 3.05) is 10.6 Å². The Hall–Kier alpha value is -2.95. The summed E-state index contributed by atoms with van der Waals surface area (Å²) in [6.45, 7) is 3.85. The zero-order valence-corrected chi connectivity index (χ0v) is 21.6.